The van der Waals surface area contributed by atoms with E-state index in [2.05, 4.69) is 55.2 Å². The van der Waals surface area contributed by atoms with Crippen molar-refractivity contribution in [3.8, 4) is 0 Å². The van der Waals surface area contributed by atoms with E-state index in [4.69, 9.17) is 4.98 Å². The summed E-state index contributed by atoms with van der Waals surface area (Å²) in [5.74, 6) is 1.35. The minimum Gasteiger partial charge on any atom is -0.368 e. The minimum atomic E-state index is 0.0959. The van der Waals surface area contributed by atoms with E-state index >= 15 is 0 Å². The van der Waals surface area contributed by atoms with Gasteiger partial charge in [-0.15, -0.1) is 16.5 Å². The normalized spacial score (nSPS) is 20.3. The summed E-state index contributed by atoms with van der Waals surface area (Å²) in [5, 5.41) is 13.3. The van der Waals surface area contributed by atoms with Crippen LogP contribution in [0, 0.1) is 0 Å². The Bertz CT molecular complexity index is 1190. The largest absolute Gasteiger partial charge is 0.368 e. The SMILES string of the molecule is CC(C)N1CCN(c2ccc(Nc3ncc4sc5c(c4n3)C3(CCCCC3)CN=N5)nc2)CC1. The molecule has 3 aromatic rings. The van der Waals surface area contributed by atoms with E-state index < -0.39 is 0 Å². The molecule has 2 aliphatic heterocycles. The number of rotatable bonds is 4. The first kappa shape index (κ1) is 21.9. The van der Waals surface area contributed by atoms with Crippen LogP contribution in [0.15, 0.2) is 34.8 Å². The zero-order chi connectivity index (χ0) is 23.1. The smallest absolute Gasteiger partial charge is 0.228 e. The van der Waals surface area contributed by atoms with Crippen LogP contribution in [0.25, 0.3) is 10.2 Å². The van der Waals surface area contributed by atoms with E-state index in [-0.39, 0.29) is 5.41 Å². The van der Waals surface area contributed by atoms with Crippen LogP contribution in [0.1, 0.15) is 51.5 Å². The lowest BCUT2D eigenvalue weighted by atomic mass is 9.69. The molecule has 1 aliphatic carbocycles. The van der Waals surface area contributed by atoms with Crippen LogP contribution in [0.5, 0.6) is 0 Å². The molecule has 34 heavy (non-hydrogen) atoms. The van der Waals surface area contributed by atoms with Gasteiger partial charge < -0.3 is 10.2 Å². The quantitative estimate of drug-likeness (QED) is 0.523. The Morgan fingerprint density at radius 2 is 1.82 bits per heavy atom. The van der Waals surface area contributed by atoms with Gasteiger partial charge in [0.05, 0.1) is 34.8 Å². The van der Waals surface area contributed by atoms with E-state index in [1.54, 1.807) is 11.3 Å². The fraction of sp³-hybridized carbons (Fsp3) is 0.560. The maximum Gasteiger partial charge on any atom is 0.228 e. The Balaban J connectivity index is 1.22. The van der Waals surface area contributed by atoms with Crippen LogP contribution < -0.4 is 10.2 Å². The second-order valence-electron chi connectivity index (χ2n) is 10.1. The van der Waals surface area contributed by atoms with Crippen molar-refractivity contribution in [2.45, 2.75) is 57.4 Å². The molecule has 0 radical (unpaired) electrons. The highest BCUT2D eigenvalue weighted by Crippen LogP contribution is 2.52. The van der Waals surface area contributed by atoms with Gasteiger partial charge in [0, 0.05) is 43.2 Å². The molecule has 0 unspecified atom stereocenters. The number of thiophene rings is 1. The molecule has 0 aromatic carbocycles. The van der Waals surface area contributed by atoms with E-state index in [9.17, 15) is 0 Å². The predicted octanol–water partition coefficient (Wildman–Crippen LogP) is 5.66. The van der Waals surface area contributed by atoms with Crippen LogP contribution in [0.3, 0.4) is 0 Å². The third kappa shape index (κ3) is 3.94. The molecular formula is C25H32N8S. The van der Waals surface area contributed by atoms with Gasteiger partial charge in [0.2, 0.25) is 5.95 Å². The van der Waals surface area contributed by atoms with Crippen LogP contribution in [-0.4, -0.2) is 58.6 Å². The Morgan fingerprint density at radius 1 is 1.00 bits per heavy atom. The molecule has 3 aromatic heterocycles. The number of fused-ring (bicyclic) bond motifs is 4. The van der Waals surface area contributed by atoms with Crippen LogP contribution >= 0.6 is 11.3 Å². The number of nitrogens with one attached hydrogen (secondary N) is 1. The fourth-order valence-corrected chi connectivity index (χ4v) is 6.77. The lowest BCUT2D eigenvalue weighted by Gasteiger charge is -2.38. The molecule has 0 amide bonds. The number of piperazine rings is 1. The number of hydrogen-bond donors (Lipinski definition) is 1. The van der Waals surface area contributed by atoms with E-state index in [1.165, 1.54) is 43.4 Å². The molecule has 1 spiro atoms. The summed E-state index contributed by atoms with van der Waals surface area (Å²) in [6.07, 6.45) is 10.0. The summed E-state index contributed by atoms with van der Waals surface area (Å²) >= 11 is 1.66. The molecule has 1 saturated heterocycles. The Kier molecular flexibility index (Phi) is 5.69. The molecule has 9 heteroatoms. The highest BCUT2D eigenvalue weighted by Gasteiger charge is 2.41. The summed E-state index contributed by atoms with van der Waals surface area (Å²) in [4.78, 5) is 19.1. The molecule has 0 atom stereocenters. The van der Waals surface area contributed by atoms with E-state index in [0.29, 0.717) is 12.0 Å². The number of hydrogen-bond acceptors (Lipinski definition) is 9. The van der Waals surface area contributed by atoms with Crippen LogP contribution in [0.4, 0.5) is 22.5 Å². The molecule has 0 bridgehead atoms. The van der Waals surface area contributed by atoms with E-state index in [0.717, 1.165) is 53.8 Å². The molecule has 3 aliphatic rings. The molecule has 2 fully saturated rings. The Labute approximate surface area is 204 Å². The Hall–Kier alpha value is -2.65. The molecule has 8 nitrogen and oxygen atoms in total. The van der Waals surface area contributed by atoms with Gasteiger partial charge in [0.1, 0.15) is 10.8 Å². The monoisotopic (exact) mass is 476 g/mol. The summed E-state index contributed by atoms with van der Waals surface area (Å²) in [6.45, 7) is 9.58. The van der Waals surface area contributed by atoms with Crippen molar-refractivity contribution in [2.75, 3.05) is 42.9 Å². The van der Waals surface area contributed by atoms with Crippen molar-refractivity contribution in [3.05, 3.63) is 30.1 Å². The van der Waals surface area contributed by atoms with Gasteiger partial charge in [-0.2, -0.15) is 5.11 Å². The number of aromatic nitrogens is 3. The number of pyridine rings is 1. The number of azo groups is 1. The van der Waals surface area contributed by atoms with Gasteiger partial charge >= 0.3 is 0 Å². The van der Waals surface area contributed by atoms with Gasteiger partial charge in [-0.1, -0.05) is 19.3 Å². The lowest BCUT2D eigenvalue weighted by Crippen LogP contribution is -2.48. The van der Waals surface area contributed by atoms with Crippen molar-refractivity contribution in [2.24, 2.45) is 10.2 Å². The predicted molar refractivity (Wildman–Crippen MR) is 138 cm³/mol. The number of anilines is 3. The van der Waals surface area contributed by atoms with Gasteiger partial charge in [-0.25, -0.2) is 15.0 Å². The standard InChI is InChI=1S/C25H32N8S/c1-17(2)32-10-12-33(13-11-32)18-6-7-20(26-14-18)29-24-27-15-19-22(30-24)21-23(34-19)31-28-16-25(21)8-4-3-5-9-25/h6-7,14-15,17H,3-5,8-13,16H2,1-2H3,(H,26,27,29,30). The third-order valence-corrected chi connectivity index (χ3v) is 8.68. The highest BCUT2D eigenvalue weighted by molar-refractivity contribution is 7.22. The van der Waals surface area contributed by atoms with Crippen molar-refractivity contribution in [1.29, 1.82) is 0 Å². The summed E-state index contributed by atoms with van der Waals surface area (Å²) in [5.41, 5.74) is 3.61. The number of nitrogens with zero attached hydrogens (tertiary/aromatic N) is 7. The summed E-state index contributed by atoms with van der Waals surface area (Å²) in [6, 6.07) is 4.77. The topological polar surface area (TPSA) is 81.9 Å². The first-order valence-corrected chi connectivity index (χ1v) is 13.3. The molecule has 1 saturated carbocycles. The summed E-state index contributed by atoms with van der Waals surface area (Å²) in [7, 11) is 0. The van der Waals surface area contributed by atoms with Crippen molar-refractivity contribution >= 4 is 44.0 Å². The fourth-order valence-electron chi connectivity index (χ4n) is 5.70. The Morgan fingerprint density at radius 3 is 2.56 bits per heavy atom. The maximum atomic E-state index is 4.96. The average Bonchev–Trinajstić information content (AvgIpc) is 3.25. The van der Waals surface area contributed by atoms with Gasteiger partial charge in [-0.05, 0) is 38.8 Å². The molecule has 6 rings (SSSR count). The van der Waals surface area contributed by atoms with Crippen LogP contribution in [0.2, 0.25) is 0 Å². The van der Waals surface area contributed by atoms with Crippen molar-refractivity contribution < 1.29 is 0 Å². The summed E-state index contributed by atoms with van der Waals surface area (Å²) < 4.78 is 1.09. The first-order chi connectivity index (χ1) is 16.6. The van der Waals surface area contributed by atoms with Gasteiger partial charge in [0.15, 0.2) is 0 Å². The molecule has 1 N–H and O–H groups in total. The zero-order valence-corrected chi connectivity index (χ0v) is 20.8. The van der Waals surface area contributed by atoms with E-state index in [1.807, 2.05) is 18.5 Å². The third-order valence-electron chi connectivity index (χ3n) is 7.69. The van der Waals surface area contributed by atoms with Crippen molar-refractivity contribution in [1.82, 2.24) is 19.9 Å². The average molecular weight is 477 g/mol. The minimum absolute atomic E-state index is 0.0959. The molecule has 5 heterocycles. The zero-order valence-electron chi connectivity index (χ0n) is 20.0. The molecule has 178 valence electrons. The first-order valence-electron chi connectivity index (χ1n) is 12.5. The molecular weight excluding hydrogens is 444 g/mol. The second-order valence-corrected chi connectivity index (χ2v) is 11.1. The van der Waals surface area contributed by atoms with Crippen molar-refractivity contribution in [3.63, 3.8) is 0 Å². The van der Waals surface area contributed by atoms with Crippen LogP contribution in [-0.2, 0) is 5.41 Å². The highest BCUT2D eigenvalue weighted by atomic mass is 32.1. The lowest BCUT2D eigenvalue weighted by molar-refractivity contribution is 0.209. The van der Waals surface area contributed by atoms with Gasteiger partial charge in [0.25, 0.3) is 0 Å². The van der Waals surface area contributed by atoms with Gasteiger partial charge in [-0.3, -0.25) is 4.90 Å². The maximum absolute atomic E-state index is 4.96. The second kappa shape index (κ2) is 8.85.